The standard InChI is InChI=1S/C42H41N3O/c1-40(2,3)26-14-17-28-29-18-15-27(41(4,5)6)23-35(29)45(34(28)22-26)37-25(24-43)13-16-31-36-32(42(7,8)9)20-19-30(38(36)46-39(31)37)33-12-10-11-21-44-33/h10-23H,1-9H3. The lowest BCUT2D eigenvalue weighted by atomic mass is 9.83. The van der Waals surface area contributed by atoms with Crippen molar-refractivity contribution in [1.82, 2.24) is 9.55 Å². The van der Waals surface area contributed by atoms with Crippen LogP contribution < -0.4 is 0 Å². The fourth-order valence-electron chi connectivity index (χ4n) is 6.78. The fraction of sp³-hybridized carbons (Fsp3) is 0.286. The summed E-state index contributed by atoms with van der Waals surface area (Å²) in [6, 6.07) is 30.4. The topological polar surface area (TPSA) is 54.8 Å². The Hall–Kier alpha value is -4.88. The highest BCUT2D eigenvalue weighted by Gasteiger charge is 2.28. The van der Waals surface area contributed by atoms with Crippen molar-refractivity contribution in [2.24, 2.45) is 0 Å². The van der Waals surface area contributed by atoms with Gasteiger partial charge in [-0.15, -0.1) is 0 Å². The smallest absolute Gasteiger partial charge is 0.160 e. The molecule has 3 aromatic heterocycles. The van der Waals surface area contributed by atoms with Gasteiger partial charge in [0.25, 0.3) is 0 Å². The van der Waals surface area contributed by atoms with Crippen molar-refractivity contribution in [3.63, 3.8) is 0 Å². The van der Waals surface area contributed by atoms with Crippen LogP contribution in [0.4, 0.5) is 0 Å². The lowest BCUT2D eigenvalue weighted by Gasteiger charge is -2.21. The van der Waals surface area contributed by atoms with Crippen molar-refractivity contribution in [3.8, 4) is 23.0 Å². The lowest BCUT2D eigenvalue weighted by Crippen LogP contribution is -2.11. The summed E-state index contributed by atoms with van der Waals surface area (Å²) in [5.74, 6) is 0. The van der Waals surface area contributed by atoms with Crippen molar-refractivity contribution in [2.75, 3.05) is 0 Å². The number of aromatic nitrogens is 2. The van der Waals surface area contributed by atoms with Crippen LogP contribution in [0.2, 0.25) is 0 Å². The Morgan fingerprint density at radius 1 is 0.652 bits per heavy atom. The van der Waals surface area contributed by atoms with Crippen molar-refractivity contribution in [2.45, 2.75) is 78.6 Å². The Kier molecular flexibility index (Phi) is 6.52. The van der Waals surface area contributed by atoms with Gasteiger partial charge in [0.1, 0.15) is 17.3 Å². The highest BCUT2D eigenvalue weighted by molar-refractivity contribution is 6.16. The van der Waals surface area contributed by atoms with E-state index in [1.54, 1.807) is 0 Å². The number of nitrogens with zero attached hydrogens (tertiary/aromatic N) is 3. The van der Waals surface area contributed by atoms with Crippen LogP contribution in [0.15, 0.2) is 89.5 Å². The third kappa shape index (κ3) is 4.60. The van der Waals surface area contributed by atoms with Crippen LogP contribution in [0.1, 0.15) is 84.6 Å². The highest BCUT2D eigenvalue weighted by atomic mass is 16.3. The van der Waals surface area contributed by atoms with Crippen LogP contribution >= 0.6 is 0 Å². The predicted molar refractivity (Wildman–Crippen MR) is 192 cm³/mol. The molecule has 0 saturated carbocycles. The molecule has 46 heavy (non-hydrogen) atoms. The molecule has 4 heteroatoms. The minimum Gasteiger partial charge on any atom is -0.453 e. The summed E-state index contributed by atoms with van der Waals surface area (Å²) in [6.07, 6.45) is 1.82. The molecule has 0 amide bonds. The highest BCUT2D eigenvalue weighted by Crippen LogP contribution is 2.46. The lowest BCUT2D eigenvalue weighted by molar-refractivity contribution is 0.591. The summed E-state index contributed by atoms with van der Waals surface area (Å²) >= 11 is 0. The van der Waals surface area contributed by atoms with Gasteiger partial charge in [-0.3, -0.25) is 4.98 Å². The van der Waals surface area contributed by atoms with E-state index in [0.717, 1.165) is 55.1 Å². The molecule has 4 aromatic carbocycles. The summed E-state index contributed by atoms with van der Waals surface area (Å²) in [4.78, 5) is 4.70. The number of nitriles is 1. The van der Waals surface area contributed by atoms with Crippen molar-refractivity contribution >= 4 is 43.7 Å². The first-order valence-corrected chi connectivity index (χ1v) is 16.1. The maximum Gasteiger partial charge on any atom is 0.160 e. The zero-order chi connectivity index (χ0) is 32.8. The van der Waals surface area contributed by atoms with Gasteiger partial charge in [0, 0.05) is 33.3 Å². The third-order valence-corrected chi connectivity index (χ3v) is 9.36. The summed E-state index contributed by atoms with van der Waals surface area (Å²) in [7, 11) is 0. The molecule has 0 saturated heterocycles. The maximum absolute atomic E-state index is 10.7. The zero-order valence-corrected chi connectivity index (χ0v) is 28.3. The Morgan fingerprint density at radius 2 is 1.26 bits per heavy atom. The van der Waals surface area contributed by atoms with Gasteiger partial charge in [-0.2, -0.15) is 5.26 Å². The average molecular weight is 604 g/mol. The molecule has 0 unspecified atom stereocenters. The fourth-order valence-corrected chi connectivity index (χ4v) is 6.78. The van der Waals surface area contributed by atoms with Crippen LogP contribution in [0.3, 0.4) is 0 Å². The van der Waals surface area contributed by atoms with Crippen LogP contribution in [0, 0.1) is 11.3 Å². The van der Waals surface area contributed by atoms with Crippen molar-refractivity contribution in [1.29, 1.82) is 5.26 Å². The number of furan rings is 1. The van der Waals surface area contributed by atoms with Gasteiger partial charge < -0.3 is 8.98 Å². The molecule has 230 valence electrons. The molecule has 0 aliphatic rings. The molecule has 0 bridgehead atoms. The molecule has 0 radical (unpaired) electrons. The maximum atomic E-state index is 10.7. The van der Waals surface area contributed by atoms with Crippen LogP contribution in [0.25, 0.3) is 60.7 Å². The second-order valence-corrected chi connectivity index (χ2v) is 15.7. The van der Waals surface area contributed by atoms with Crippen molar-refractivity contribution < 1.29 is 4.42 Å². The largest absolute Gasteiger partial charge is 0.453 e. The molecule has 4 nitrogen and oxygen atoms in total. The molecular formula is C42H41N3O. The van der Waals surface area contributed by atoms with E-state index in [1.165, 1.54) is 16.7 Å². The number of rotatable bonds is 2. The van der Waals surface area contributed by atoms with E-state index in [0.29, 0.717) is 11.1 Å². The van der Waals surface area contributed by atoms with E-state index >= 15 is 0 Å². The quantitative estimate of drug-likeness (QED) is 0.197. The molecule has 3 heterocycles. The van der Waals surface area contributed by atoms with Crippen molar-refractivity contribution in [3.05, 3.63) is 107 Å². The second-order valence-electron chi connectivity index (χ2n) is 15.7. The van der Waals surface area contributed by atoms with Crippen LogP contribution in [0.5, 0.6) is 0 Å². The summed E-state index contributed by atoms with van der Waals surface area (Å²) < 4.78 is 9.34. The summed E-state index contributed by atoms with van der Waals surface area (Å²) in [6.45, 7) is 20.2. The summed E-state index contributed by atoms with van der Waals surface area (Å²) in [5.41, 5.74) is 10.2. The first-order valence-electron chi connectivity index (χ1n) is 16.1. The Balaban J connectivity index is 1.71. The van der Waals surface area contributed by atoms with E-state index < -0.39 is 0 Å². The molecule has 7 aromatic rings. The molecule has 0 atom stereocenters. The number of pyridine rings is 1. The van der Waals surface area contributed by atoms with Gasteiger partial charge in [-0.1, -0.05) is 98.7 Å². The molecule has 0 spiro atoms. The number of fused-ring (bicyclic) bond motifs is 6. The second kappa shape index (κ2) is 10.1. The normalized spacial score (nSPS) is 12.9. The van der Waals surface area contributed by atoms with E-state index in [2.05, 4.69) is 128 Å². The molecule has 0 fully saturated rings. The molecule has 7 rings (SSSR count). The van der Waals surface area contributed by atoms with Gasteiger partial charge >= 0.3 is 0 Å². The number of hydrogen-bond donors (Lipinski definition) is 0. The van der Waals surface area contributed by atoms with E-state index in [1.807, 2.05) is 30.5 Å². The predicted octanol–water partition coefficient (Wildman–Crippen LogP) is 11.5. The zero-order valence-electron chi connectivity index (χ0n) is 28.3. The van der Waals surface area contributed by atoms with Crippen LogP contribution in [-0.2, 0) is 16.2 Å². The van der Waals surface area contributed by atoms with Gasteiger partial charge in [-0.05, 0) is 75.4 Å². The Bertz CT molecular complexity index is 2290. The Morgan fingerprint density at radius 3 is 1.78 bits per heavy atom. The van der Waals surface area contributed by atoms with Gasteiger partial charge in [0.2, 0.25) is 0 Å². The van der Waals surface area contributed by atoms with Crippen LogP contribution in [-0.4, -0.2) is 9.55 Å². The molecule has 0 N–H and O–H groups in total. The molecule has 0 aliphatic heterocycles. The van der Waals surface area contributed by atoms with Gasteiger partial charge in [-0.25, -0.2) is 0 Å². The number of hydrogen-bond acceptors (Lipinski definition) is 3. The first-order chi connectivity index (χ1) is 21.7. The monoisotopic (exact) mass is 603 g/mol. The number of benzene rings is 4. The third-order valence-electron chi connectivity index (χ3n) is 9.36. The van der Waals surface area contributed by atoms with Gasteiger partial charge in [0.15, 0.2) is 5.58 Å². The molecule has 0 aliphatic carbocycles. The van der Waals surface area contributed by atoms with E-state index in [4.69, 9.17) is 9.40 Å². The van der Waals surface area contributed by atoms with Gasteiger partial charge in [0.05, 0.1) is 22.3 Å². The van der Waals surface area contributed by atoms with E-state index in [9.17, 15) is 5.26 Å². The molecular weight excluding hydrogens is 562 g/mol. The summed E-state index contributed by atoms with van der Waals surface area (Å²) in [5, 5.41) is 15.1. The SMILES string of the molecule is CC(C)(C)c1ccc2c3ccc(C(C)(C)C)cc3n(-c3c(C#N)ccc4c3oc3c(-c5ccccn5)ccc(C(C)(C)C)c34)c2c1. The Labute approximate surface area is 271 Å². The minimum absolute atomic E-state index is 0.0470. The average Bonchev–Trinajstić information content (AvgIpc) is 3.54. The first kappa shape index (κ1) is 29.8. The minimum atomic E-state index is -0.137. The van der Waals surface area contributed by atoms with E-state index in [-0.39, 0.29) is 16.2 Å².